The molecule has 1 amide bonds. The van der Waals surface area contributed by atoms with Gasteiger partial charge in [-0.3, -0.25) is 4.79 Å². The number of hydrogen-bond acceptors (Lipinski definition) is 8. The minimum absolute atomic E-state index is 0.0223. The van der Waals surface area contributed by atoms with Crippen molar-refractivity contribution < 1.29 is 14.3 Å². The van der Waals surface area contributed by atoms with E-state index in [0.29, 0.717) is 56.1 Å². The molecule has 0 N–H and O–H groups in total. The van der Waals surface area contributed by atoms with Crippen molar-refractivity contribution in [1.29, 1.82) is 0 Å². The zero-order valence-corrected chi connectivity index (χ0v) is 21.2. The molecule has 3 heterocycles. The number of amides is 1. The van der Waals surface area contributed by atoms with E-state index >= 15 is 0 Å². The van der Waals surface area contributed by atoms with Crippen LogP contribution < -0.4 is 14.4 Å². The van der Waals surface area contributed by atoms with E-state index in [0.717, 1.165) is 35.8 Å². The number of aromatic nitrogens is 5. The minimum atomic E-state index is 0.0223. The summed E-state index contributed by atoms with van der Waals surface area (Å²) in [7, 11) is 0. The first-order valence-electron chi connectivity index (χ1n) is 12.7. The Labute approximate surface area is 215 Å². The lowest BCUT2D eigenvalue weighted by Gasteiger charge is -2.35. The van der Waals surface area contributed by atoms with E-state index in [1.807, 2.05) is 60.4 Å². The maximum absolute atomic E-state index is 13.1. The Balaban J connectivity index is 1.25. The molecular weight excluding hydrogens is 470 g/mol. The highest BCUT2D eigenvalue weighted by Gasteiger charge is 2.25. The SMILES string of the molecule is CCCCOc1ccc(C(=O)N2CCN(c3ncnc4c3nnn4-c3ccc(OCC)cc3)CC2)cc1. The number of fused-ring (bicyclic) bond motifs is 1. The molecule has 0 unspecified atom stereocenters. The van der Waals surface area contributed by atoms with Gasteiger partial charge in [-0.1, -0.05) is 18.6 Å². The molecule has 10 heteroatoms. The second kappa shape index (κ2) is 11.2. The van der Waals surface area contributed by atoms with Crippen LogP contribution in [0.25, 0.3) is 16.9 Å². The van der Waals surface area contributed by atoms with Crippen molar-refractivity contribution in [1.82, 2.24) is 29.9 Å². The molecule has 0 bridgehead atoms. The largest absolute Gasteiger partial charge is 0.494 e. The summed E-state index contributed by atoms with van der Waals surface area (Å²) in [6.07, 6.45) is 3.64. The maximum atomic E-state index is 13.1. The molecule has 0 saturated carbocycles. The fourth-order valence-corrected chi connectivity index (χ4v) is 4.32. The second-order valence-electron chi connectivity index (χ2n) is 8.80. The van der Waals surface area contributed by atoms with E-state index in [4.69, 9.17) is 9.47 Å². The molecule has 0 aliphatic carbocycles. The predicted octanol–water partition coefficient (Wildman–Crippen LogP) is 3.75. The maximum Gasteiger partial charge on any atom is 0.253 e. The van der Waals surface area contributed by atoms with Gasteiger partial charge in [0.2, 0.25) is 0 Å². The number of anilines is 1. The number of carbonyl (C=O) groups is 1. The predicted molar refractivity (Wildman–Crippen MR) is 141 cm³/mol. The fraction of sp³-hybridized carbons (Fsp3) is 0.370. The number of rotatable bonds is 9. The average molecular weight is 502 g/mol. The summed E-state index contributed by atoms with van der Waals surface area (Å²) in [5.41, 5.74) is 2.77. The van der Waals surface area contributed by atoms with Gasteiger partial charge in [0.1, 0.15) is 17.8 Å². The average Bonchev–Trinajstić information content (AvgIpc) is 3.38. The van der Waals surface area contributed by atoms with Crippen LogP contribution in [0.3, 0.4) is 0 Å². The Morgan fingerprint density at radius 3 is 2.30 bits per heavy atom. The standard InChI is InChI=1S/C27H31N7O3/c1-3-5-18-37-23-10-6-20(7-11-23)27(35)33-16-14-32(15-17-33)25-24-26(29-19-28-25)34(31-30-24)21-8-12-22(13-9-21)36-4-2/h6-13,19H,3-5,14-18H2,1-2H3. The Bertz CT molecular complexity index is 1330. The van der Waals surface area contributed by atoms with Crippen molar-refractivity contribution in [3.63, 3.8) is 0 Å². The number of benzene rings is 2. The molecule has 0 spiro atoms. The summed E-state index contributed by atoms with van der Waals surface area (Å²) in [5.74, 6) is 2.34. The highest BCUT2D eigenvalue weighted by atomic mass is 16.5. The van der Waals surface area contributed by atoms with Gasteiger partial charge in [-0.15, -0.1) is 5.10 Å². The molecule has 1 fully saturated rings. The van der Waals surface area contributed by atoms with E-state index < -0.39 is 0 Å². The van der Waals surface area contributed by atoms with Gasteiger partial charge >= 0.3 is 0 Å². The van der Waals surface area contributed by atoms with Crippen molar-refractivity contribution in [2.75, 3.05) is 44.3 Å². The summed E-state index contributed by atoms with van der Waals surface area (Å²) in [5, 5.41) is 8.72. The Kier molecular flexibility index (Phi) is 7.43. The molecule has 10 nitrogen and oxygen atoms in total. The molecule has 1 saturated heterocycles. The van der Waals surface area contributed by atoms with Gasteiger partial charge in [-0.2, -0.15) is 4.68 Å². The summed E-state index contributed by atoms with van der Waals surface area (Å²) >= 11 is 0. The van der Waals surface area contributed by atoms with Crippen molar-refractivity contribution in [3.05, 3.63) is 60.4 Å². The van der Waals surface area contributed by atoms with Crippen molar-refractivity contribution in [3.8, 4) is 17.2 Å². The number of ether oxygens (including phenoxy) is 2. The van der Waals surface area contributed by atoms with Gasteiger partial charge < -0.3 is 19.3 Å². The minimum Gasteiger partial charge on any atom is -0.494 e. The number of piperazine rings is 1. The van der Waals surface area contributed by atoms with Crippen LogP contribution in [0.1, 0.15) is 37.0 Å². The van der Waals surface area contributed by atoms with E-state index in [9.17, 15) is 4.79 Å². The van der Waals surface area contributed by atoms with Crippen LogP contribution in [0.4, 0.5) is 5.82 Å². The first-order valence-corrected chi connectivity index (χ1v) is 12.7. The molecule has 4 aromatic rings. The molecule has 5 rings (SSSR count). The van der Waals surface area contributed by atoms with Gasteiger partial charge in [-0.05, 0) is 61.9 Å². The topological polar surface area (TPSA) is 98.5 Å². The Hall–Kier alpha value is -4.21. The molecule has 1 aliphatic heterocycles. The van der Waals surface area contributed by atoms with Crippen LogP contribution in [-0.4, -0.2) is 75.2 Å². The first kappa shape index (κ1) is 24.5. The lowest BCUT2D eigenvalue weighted by Crippen LogP contribution is -2.49. The van der Waals surface area contributed by atoms with E-state index in [1.54, 1.807) is 4.68 Å². The second-order valence-corrected chi connectivity index (χ2v) is 8.80. The Morgan fingerprint density at radius 1 is 0.892 bits per heavy atom. The van der Waals surface area contributed by atoms with Gasteiger partial charge in [0, 0.05) is 31.7 Å². The van der Waals surface area contributed by atoms with Gasteiger partial charge in [-0.25, -0.2) is 9.97 Å². The third-order valence-electron chi connectivity index (χ3n) is 6.35. The van der Waals surface area contributed by atoms with Gasteiger partial charge in [0.25, 0.3) is 5.91 Å². The van der Waals surface area contributed by atoms with E-state index in [-0.39, 0.29) is 5.91 Å². The monoisotopic (exact) mass is 501 g/mol. The summed E-state index contributed by atoms with van der Waals surface area (Å²) in [4.78, 5) is 26.0. The fourth-order valence-electron chi connectivity index (χ4n) is 4.32. The molecule has 0 radical (unpaired) electrons. The van der Waals surface area contributed by atoms with E-state index in [1.165, 1.54) is 6.33 Å². The van der Waals surface area contributed by atoms with Crippen LogP contribution in [0, 0.1) is 0 Å². The van der Waals surface area contributed by atoms with Crippen molar-refractivity contribution in [2.24, 2.45) is 0 Å². The molecule has 37 heavy (non-hydrogen) atoms. The van der Waals surface area contributed by atoms with Crippen LogP contribution in [0.2, 0.25) is 0 Å². The lowest BCUT2D eigenvalue weighted by atomic mass is 10.1. The summed E-state index contributed by atoms with van der Waals surface area (Å²) < 4.78 is 12.9. The smallest absolute Gasteiger partial charge is 0.253 e. The third kappa shape index (κ3) is 5.32. The Morgan fingerprint density at radius 2 is 1.59 bits per heavy atom. The van der Waals surface area contributed by atoms with Crippen molar-refractivity contribution in [2.45, 2.75) is 26.7 Å². The van der Waals surface area contributed by atoms with Gasteiger partial charge in [0.05, 0.1) is 18.9 Å². The van der Waals surface area contributed by atoms with Crippen LogP contribution in [-0.2, 0) is 0 Å². The molecule has 192 valence electrons. The van der Waals surface area contributed by atoms with Crippen LogP contribution in [0.5, 0.6) is 11.5 Å². The van der Waals surface area contributed by atoms with Gasteiger partial charge in [0.15, 0.2) is 17.0 Å². The zero-order chi connectivity index (χ0) is 25.6. The first-order chi connectivity index (χ1) is 18.2. The normalized spacial score (nSPS) is 13.7. The molecule has 1 aliphatic rings. The molecular formula is C27H31N7O3. The summed E-state index contributed by atoms with van der Waals surface area (Å²) in [6, 6.07) is 15.1. The van der Waals surface area contributed by atoms with E-state index in [2.05, 4.69) is 32.1 Å². The lowest BCUT2D eigenvalue weighted by molar-refractivity contribution is 0.0746. The van der Waals surface area contributed by atoms with Crippen molar-refractivity contribution >= 4 is 22.9 Å². The number of nitrogens with zero attached hydrogens (tertiary/aromatic N) is 7. The molecule has 2 aromatic carbocycles. The molecule has 0 atom stereocenters. The summed E-state index contributed by atoms with van der Waals surface area (Å²) in [6.45, 7) is 7.85. The quantitative estimate of drug-likeness (QED) is 0.320. The van der Waals surface area contributed by atoms with Crippen LogP contribution in [0.15, 0.2) is 54.9 Å². The highest BCUT2D eigenvalue weighted by Crippen LogP contribution is 2.25. The number of unbranched alkanes of at least 4 members (excludes halogenated alkanes) is 1. The number of carbonyl (C=O) groups excluding carboxylic acids is 1. The zero-order valence-electron chi connectivity index (χ0n) is 21.2. The number of hydrogen-bond donors (Lipinski definition) is 0. The third-order valence-corrected chi connectivity index (χ3v) is 6.35. The van der Waals surface area contributed by atoms with Crippen LogP contribution >= 0.6 is 0 Å². The molecule has 2 aromatic heterocycles. The highest BCUT2D eigenvalue weighted by molar-refractivity contribution is 5.94.